The highest BCUT2D eigenvalue weighted by molar-refractivity contribution is 6.10. The highest BCUT2D eigenvalue weighted by Crippen LogP contribution is 2.49. The Hall–Kier alpha value is -4.45. The van der Waals surface area contributed by atoms with Gasteiger partial charge in [-0.2, -0.15) is 0 Å². The van der Waals surface area contributed by atoms with Gasteiger partial charge >= 0.3 is 0 Å². The standard InChI is InChI=1S/C29H23N5O/c1-17-13-15-21-22-16-14-18(2)30-29(22)35-26(21)25(17)34-19(3)33(20-9-5-4-6-10-20)27-28(34)32-24-12-8-7-11-23(24)31-27/h4-16,19H,1-3H3/t19-/m0/s1. The SMILES string of the molecule is Cc1ccc2c(n1)oc1c(N3c4nc5ccccc5nc4N(c4ccccc4)[C@@H]3C)c(C)ccc12. The molecule has 0 aliphatic carbocycles. The lowest BCUT2D eigenvalue weighted by atomic mass is 10.1. The minimum Gasteiger partial charge on any atom is -0.435 e. The molecule has 0 radical (unpaired) electrons. The van der Waals surface area contributed by atoms with Crippen molar-refractivity contribution in [3.05, 3.63) is 90.1 Å². The third-order valence-electron chi connectivity index (χ3n) is 6.84. The van der Waals surface area contributed by atoms with Crippen molar-refractivity contribution in [2.24, 2.45) is 0 Å². The highest BCUT2D eigenvalue weighted by Gasteiger charge is 2.40. The lowest BCUT2D eigenvalue weighted by Crippen LogP contribution is -2.36. The monoisotopic (exact) mass is 457 g/mol. The van der Waals surface area contributed by atoms with E-state index in [1.165, 1.54) is 0 Å². The van der Waals surface area contributed by atoms with E-state index in [9.17, 15) is 0 Å². The molecule has 0 spiro atoms. The van der Waals surface area contributed by atoms with Crippen LogP contribution in [0.25, 0.3) is 33.1 Å². The van der Waals surface area contributed by atoms with Gasteiger partial charge in [-0.3, -0.25) is 4.90 Å². The van der Waals surface area contributed by atoms with Crippen LogP contribution in [0.1, 0.15) is 18.2 Å². The first-order valence-electron chi connectivity index (χ1n) is 11.8. The van der Waals surface area contributed by atoms with Crippen molar-refractivity contribution in [2.75, 3.05) is 9.80 Å². The molecule has 1 aliphatic heterocycles. The molecule has 0 unspecified atom stereocenters. The van der Waals surface area contributed by atoms with Crippen LogP contribution in [0.15, 0.2) is 83.3 Å². The molecule has 4 heterocycles. The number of anilines is 4. The summed E-state index contributed by atoms with van der Waals surface area (Å²) < 4.78 is 6.43. The predicted molar refractivity (Wildman–Crippen MR) is 141 cm³/mol. The van der Waals surface area contributed by atoms with Gasteiger partial charge in [-0.25, -0.2) is 15.0 Å². The summed E-state index contributed by atoms with van der Waals surface area (Å²) >= 11 is 0. The van der Waals surface area contributed by atoms with Crippen molar-refractivity contribution in [1.29, 1.82) is 0 Å². The van der Waals surface area contributed by atoms with Crippen LogP contribution < -0.4 is 9.80 Å². The summed E-state index contributed by atoms with van der Waals surface area (Å²) in [5.74, 6) is 1.66. The molecular formula is C29H23N5O. The van der Waals surface area contributed by atoms with Crippen molar-refractivity contribution >= 4 is 56.1 Å². The zero-order valence-electron chi connectivity index (χ0n) is 19.7. The zero-order valence-corrected chi connectivity index (χ0v) is 19.7. The number of benzene rings is 3. The molecule has 1 atom stereocenters. The van der Waals surface area contributed by atoms with E-state index in [1.54, 1.807) is 0 Å². The molecule has 35 heavy (non-hydrogen) atoms. The maximum absolute atomic E-state index is 6.43. The quantitative estimate of drug-likeness (QED) is 0.275. The van der Waals surface area contributed by atoms with Crippen LogP contribution >= 0.6 is 0 Å². The molecule has 0 saturated heterocycles. The van der Waals surface area contributed by atoms with Crippen LogP contribution in [0.2, 0.25) is 0 Å². The first-order valence-corrected chi connectivity index (χ1v) is 11.8. The molecule has 170 valence electrons. The largest absolute Gasteiger partial charge is 0.435 e. The molecule has 6 nitrogen and oxygen atoms in total. The van der Waals surface area contributed by atoms with Crippen LogP contribution in [0, 0.1) is 13.8 Å². The van der Waals surface area contributed by atoms with Crippen LogP contribution in [0.3, 0.4) is 0 Å². The Morgan fingerprint density at radius 2 is 1.34 bits per heavy atom. The first kappa shape index (κ1) is 20.0. The van der Waals surface area contributed by atoms with Gasteiger partial charge in [0.15, 0.2) is 17.2 Å². The molecule has 7 rings (SSSR count). The summed E-state index contributed by atoms with van der Waals surface area (Å²) in [6, 6.07) is 26.8. The Kier molecular flexibility index (Phi) is 4.15. The molecule has 0 amide bonds. The van der Waals surface area contributed by atoms with Crippen molar-refractivity contribution in [3.63, 3.8) is 0 Å². The summed E-state index contributed by atoms with van der Waals surface area (Å²) in [6.45, 7) is 6.28. The Balaban J connectivity index is 1.54. The Morgan fingerprint density at radius 1 is 0.686 bits per heavy atom. The molecule has 0 saturated carbocycles. The van der Waals surface area contributed by atoms with Gasteiger partial charge in [-0.15, -0.1) is 0 Å². The van der Waals surface area contributed by atoms with Gasteiger partial charge in [0.05, 0.1) is 16.7 Å². The number of hydrogen-bond acceptors (Lipinski definition) is 6. The van der Waals surface area contributed by atoms with E-state index in [0.29, 0.717) is 5.71 Å². The molecule has 1 aliphatic rings. The maximum atomic E-state index is 6.43. The van der Waals surface area contributed by atoms with Crippen LogP contribution in [-0.2, 0) is 0 Å². The van der Waals surface area contributed by atoms with E-state index in [4.69, 9.17) is 14.4 Å². The third-order valence-corrected chi connectivity index (χ3v) is 6.84. The Bertz CT molecular complexity index is 1760. The van der Waals surface area contributed by atoms with Crippen LogP contribution in [-0.4, -0.2) is 21.1 Å². The molecule has 6 aromatic rings. The second-order valence-corrected chi connectivity index (χ2v) is 9.08. The average Bonchev–Trinajstić information content (AvgIpc) is 3.36. The number of pyridine rings is 1. The fraction of sp³-hybridized carbons (Fsp3) is 0.138. The molecule has 6 heteroatoms. The van der Waals surface area contributed by atoms with E-state index in [0.717, 1.165) is 61.7 Å². The first-order chi connectivity index (χ1) is 17.1. The van der Waals surface area contributed by atoms with E-state index in [-0.39, 0.29) is 6.17 Å². The summed E-state index contributed by atoms with van der Waals surface area (Å²) in [6.07, 6.45) is -0.0728. The van der Waals surface area contributed by atoms with Crippen LogP contribution in [0.5, 0.6) is 0 Å². The van der Waals surface area contributed by atoms with Gasteiger partial charge < -0.3 is 9.32 Å². The smallest absolute Gasteiger partial charge is 0.227 e. The minimum absolute atomic E-state index is 0.0728. The number of para-hydroxylation sites is 3. The number of nitrogens with zero attached hydrogens (tertiary/aromatic N) is 5. The number of fused-ring (bicyclic) bond motifs is 5. The topological polar surface area (TPSA) is 58.3 Å². The van der Waals surface area contributed by atoms with Gasteiger partial charge in [0, 0.05) is 22.2 Å². The number of furan rings is 1. The normalized spacial score (nSPS) is 15.5. The van der Waals surface area contributed by atoms with Gasteiger partial charge in [0.25, 0.3) is 0 Å². The second-order valence-electron chi connectivity index (χ2n) is 9.08. The Morgan fingerprint density at radius 3 is 2.09 bits per heavy atom. The molecule has 3 aromatic heterocycles. The number of hydrogen-bond donors (Lipinski definition) is 0. The van der Waals surface area contributed by atoms with E-state index < -0.39 is 0 Å². The molecular weight excluding hydrogens is 434 g/mol. The molecule has 0 fully saturated rings. The highest BCUT2D eigenvalue weighted by atomic mass is 16.3. The number of aromatic nitrogens is 3. The van der Waals surface area contributed by atoms with Gasteiger partial charge in [0.2, 0.25) is 5.71 Å². The molecule has 3 aromatic carbocycles. The second kappa shape index (κ2) is 7.27. The summed E-state index contributed by atoms with van der Waals surface area (Å²) in [5.41, 5.74) is 7.32. The predicted octanol–water partition coefficient (Wildman–Crippen LogP) is 7.18. The summed E-state index contributed by atoms with van der Waals surface area (Å²) in [4.78, 5) is 19.4. The van der Waals surface area contributed by atoms with Crippen molar-refractivity contribution in [1.82, 2.24) is 15.0 Å². The molecule has 0 N–H and O–H groups in total. The van der Waals surface area contributed by atoms with Crippen molar-refractivity contribution in [2.45, 2.75) is 26.9 Å². The lowest BCUT2D eigenvalue weighted by Gasteiger charge is -2.30. The number of aryl methyl sites for hydroxylation is 2. The van der Waals surface area contributed by atoms with Gasteiger partial charge in [-0.05, 0) is 62.7 Å². The maximum Gasteiger partial charge on any atom is 0.227 e. The van der Waals surface area contributed by atoms with Gasteiger partial charge in [0.1, 0.15) is 6.17 Å². The summed E-state index contributed by atoms with van der Waals surface area (Å²) in [7, 11) is 0. The minimum atomic E-state index is -0.0728. The zero-order chi connectivity index (χ0) is 23.7. The molecule has 0 bridgehead atoms. The Labute approximate surface area is 202 Å². The summed E-state index contributed by atoms with van der Waals surface area (Å²) in [5, 5.41) is 2.07. The van der Waals surface area contributed by atoms with Crippen molar-refractivity contribution < 1.29 is 4.42 Å². The van der Waals surface area contributed by atoms with Crippen molar-refractivity contribution in [3.8, 4) is 0 Å². The lowest BCUT2D eigenvalue weighted by molar-refractivity contribution is 0.647. The van der Waals surface area contributed by atoms with E-state index in [2.05, 4.69) is 71.1 Å². The number of rotatable bonds is 2. The van der Waals surface area contributed by atoms with Gasteiger partial charge in [-0.1, -0.05) is 42.5 Å². The van der Waals surface area contributed by atoms with E-state index in [1.807, 2.05) is 43.3 Å². The fourth-order valence-electron chi connectivity index (χ4n) is 5.19. The fourth-order valence-corrected chi connectivity index (χ4v) is 5.19. The van der Waals surface area contributed by atoms with Crippen LogP contribution in [0.4, 0.5) is 23.0 Å². The average molecular weight is 458 g/mol. The third kappa shape index (κ3) is 2.86. The van der Waals surface area contributed by atoms with E-state index >= 15 is 0 Å².